The average molecular weight is 227 g/mol. The summed E-state index contributed by atoms with van der Waals surface area (Å²) in [6.45, 7) is 0. The molecule has 1 rings (SSSR count). The third-order valence-electron chi connectivity index (χ3n) is 1.33. The zero-order chi connectivity index (χ0) is 10.9. The van der Waals surface area contributed by atoms with Crippen molar-refractivity contribution < 1.29 is 17.7 Å². The van der Waals surface area contributed by atoms with Crippen molar-refractivity contribution in [2.75, 3.05) is 14.1 Å². The Balaban J connectivity index is 2.89. The van der Waals surface area contributed by atoms with Gasteiger partial charge in [-0.3, -0.25) is 0 Å². The molecule has 0 bridgehead atoms. The van der Waals surface area contributed by atoms with Gasteiger partial charge < -0.3 is 4.55 Å². The molecule has 0 aliphatic heterocycles. The summed E-state index contributed by atoms with van der Waals surface area (Å²) in [5.41, 5.74) is -1.05. The molecule has 80 valence electrons. The second kappa shape index (κ2) is 3.79. The number of rotatable bonds is 2. The summed E-state index contributed by atoms with van der Waals surface area (Å²) in [4.78, 5) is 0. The Morgan fingerprint density at radius 2 is 2.07 bits per heavy atom. The molecule has 1 heterocycles. The molecule has 0 saturated heterocycles. The van der Waals surface area contributed by atoms with Gasteiger partial charge in [0.1, 0.15) is 0 Å². The summed E-state index contributed by atoms with van der Waals surface area (Å²) >= 11 is -1.71. The minimum atomic E-state index is -4.50. The molecule has 0 N–H and O–H groups in total. The molecule has 0 aliphatic rings. The molecule has 1 aromatic heterocycles. The van der Waals surface area contributed by atoms with Gasteiger partial charge in [-0.25, -0.2) is 0 Å². The molecule has 0 aliphatic carbocycles. The highest BCUT2D eigenvalue weighted by atomic mass is 32.2. The lowest BCUT2D eigenvalue weighted by molar-refractivity contribution is -0.141. The first kappa shape index (κ1) is 11.3. The van der Waals surface area contributed by atoms with E-state index in [-0.39, 0.29) is 0 Å². The van der Waals surface area contributed by atoms with Crippen LogP contribution in [-0.2, 0) is 17.7 Å². The number of aromatic nitrogens is 2. The topological polar surface area (TPSA) is 44.1 Å². The van der Waals surface area contributed by atoms with E-state index in [1.54, 1.807) is 0 Å². The normalized spacial score (nSPS) is 14.8. The first-order chi connectivity index (χ1) is 6.32. The smallest absolute Gasteiger partial charge is 0.435 e. The van der Waals surface area contributed by atoms with Crippen LogP contribution in [-0.4, -0.2) is 32.1 Å². The van der Waals surface area contributed by atoms with Crippen LogP contribution in [0.2, 0.25) is 0 Å². The standard InChI is InChI=1S/C6H8F3N3OS/c1-11(2)14(13)12-4-3-5(10-12)6(7,8)9/h3-4H,1-2H3. The second-order valence-electron chi connectivity index (χ2n) is 2.64. The van der Waals surface area contributed by atoms with E-state index in [0.717, 1.165) is 16.4 Å². The van der Waals surface area contributed by atoms with Crippen molar-refractivity contribution >= 4 is 11.5 Å². The van der Waals surface area contributed by atoms with Crippen LogP contribution in [0.3, 0.4) is 0 Å². The van der Waals surface area contributed by atoms with Gasteiger partial charge in [0.15, 0.2) is 17.2 Å². The Morgan fingerprint density at radius 1 is 1.50 bits per heavy atom. The maximum Gasteiger partial charge on any atom is 0.435 e. The van der Waals surface area contributed by atoms with Gasteiger partial charge in [0.05, 0.1) is 6.20 Å². The SMILES string of the molecule is CN(C)[S+]([O-])n1ccc(C(F)(F)F)n1. The number of halogens is 3. The Morgan fingerprint density at radius 3 is 2.43 bits per heavy atom. The molecule has 8 heteroatoms. The molecule has 0 spiro atoms. The predicted octanol–water partition coefficient (Wildman–Crippen LogP) is 0.890. The summed E-state index contributed by atoms with van der Waals surface area (Å²) in [6, 6.07) is 0.779. The predicted molar refractivity (Wildman–Crippen MR) is 44.5 cm³/mol. The summed E-state index contributed by atoms with van der Waals surface area (Å²) in [6.07, 6.45) is -3.47. The summed E-state index contributed by atoms with van der Waals surface area (Å²) < 4.78 is 49.5. The highest BCUT2D eigenvalue weighted by Crippen LogP contribution is 2.27. The van der Waals surface area contributed by atoms with Crippen LogP contribution < -0.4 is 0 Å². The van der Waals surface area contributed by atoms with Crippen molar-refractivity contribution in [2.24, 2.45) is 0 Å². The van der Waals surface area contributed by atoms with E-state index in [2.05, 4.69) is 5.10 Å². The monoisotopic (exact) mass is 227 g/mol. The molecule has 0 fully saturated rings. The van der Waals surface area contributed by atoms with E-state index in [1.165, 1.54) is 18.4 Å². The van der Waals surface area contributed by atoms with Gasteiger partial charge >= 0.3 is 6.18 Å². The highest BCUT2D eigenvalue weighted by Gasteiger charge is 2.35. The maximum absolute atomic E-state index is 12.1. The first-order valence-corrected chi connectivity index (χ1v) is 4.61. The fourth-order valence-electron chi connectivity index (χ4n) is 0.713. The second-order valence-corrected chi connectivity index (χ2v) is 4.21. The average Bonchev–Trinajstić information content (AvgIpc) is 2.49. The van der Waals surface area contributed by atoms with Crippen molar-refractivity contribution in [1.82, 2.24) is 13.5 Å². The van der Waals surface area contributed by atoms with E-state index in [0.29, 0.717) is 0 Å². The summed E-state index contributed by atoms with van der Waals surface area (Å²) in [7, 11) is 2.95. The van der Waals surface area contributed by atoms with E-state index in [4.69, 9.17) is 0 Å². The lowest BCUT2D eigenvalue weighted by Crippen LogP contribution is -2.29. The van der Waals surface area contributed by atoms with Crippen LogP contribution in [0.1, 0.15) is 5.69 Å². The lowest BCUT2D eigenvalue weighted by atomic mass is 10.4. The summed E-state index contributed by atoms with van der Waals surface area (Å²) in [5.74, 6) is 0. The third-order valence-corrected chi connectivity index (χ3v) is 2.48. The van der Waals surface area contributed by atoms with Crippen LogP contribution in [0, 0.1) is 0 Å². The van der Waals surface area contributed by atoms with Gasteiger partial charge in [0.25, 0.3) is 0 Å². The van der Waals surface area contributed by atoms with Crippen LogP contribution >= 0.6 is 0 Å². The van der Waals surface area contributed by atoms with Gasteiger partial charge in [-0.15, -0.1) is 9.40 Å². The van der Waals surface area contributed by atoms with E-state index in [1.807, 2.05) is 0 Å². The van der Waals surface area contributed by atoms with Gasteiger partial charge in [-0.05, 0) is 6.07 Å². The highest BCUT2D eigenvalue weighted by molar-refractivity contribution is 7.87. The molecule has 0 amide bonds. The summed E-state index contributed by atoms with van der Waals surface area (Å²) in [5, 5.41) is 3.15. The van der Waals surface area contributed by atoms with Gasteiger partial charge in [-0.2, -0.15) is 13.2 Å². The zero-order valence-electron chi connectivity index (χ0n) is 7.45. The Bertz CT molecular complexity index is 312. The van der Waals surface area contributed by atoms with Crippen molar-refractivity contribution in [3.63, 3.8) is 0 Å². The largest absolute Gasteiger partial charge is 0.572 e. The minimum absolute atomic E-state index is 0.753. The minimum Gasteiger partial charge on any atom is -0.572 e. The molecule has 0 saturated carbocycles. The molecule has 0 aromatic carbocycles. The zero-order valence-corrected chi connectivity index (χ0v) is 8.26. The van der Waals surface area contributed by atoms with Crippen LogP contribution in [0.4, 0.5) is 13.2 Å². The first-order valence-electron chi connectivity index (χ1n) is 3.55. The van der Waals surface area contributed by atoms with Crippen molar-refractivity contribution in [1.29, 1.82) is 0 Å². The number of hydrogen-bond acceptors (Lipinski definition) is 3. The molecular weight excluding hydrogens is 219 g/mol. The molecule has 4 nitrogen and oxygen atoms in total. The third kappa shape index (κ3) is 2.40. The van der Waals surface area contributed by atoms with E-state index >= 15 is 0 Å². The van der Waals surface area contributed by atoms with Crippen molar-refractivity contribution in [2.45, 2.75) is 6.18 Å². The Kier molecular flexibility index (Phi) is 3.07. The van der Waals surface area contributed by atoms with Crippen LogP contribution in [0.25, 0.3) is 0 Å². The van der Waals surface area contributed by atoms with E-state index < -0.39 is 23.4 Å². The van der Waals surface area contributed by atoms with Gasteiger partial charge in [0.2, 0.25) is 0 Å². The molecule has 1 unspecified atom stereocenters. The van der Waals surface area contributed by atoms with Crippen LogP contribution in [0.15, 0.2) is 12.3 Å². The fraction of sp³-hybridized carbons (Fsp3) is 0.500. The molecule has 1 aromatic rings. The molecule has 14 heavy (non-hydrogen) atoms. The lowest BCUT2D eigenvalue weighted by Gasteiger charge is -2.13. The van der Waals surface area contributed by atoms with Crippen LogP contribution in [0.5, 0.6) is 0 Å². The van der Waals surface area contributed by atoms with Crippen molar-refractivity contribution in [3.8, 4) is 0 Å². The number of nitrogens with zero attached hydrogens (tertiary/aromatic N) is 3. The van der Waals surface area contributed by atoms with E-state index in [9.17, 15) is 17.7 Å². The quantitative estimate of drug-likeness (QED) is 0.705. The molecule has 1 atom stereocenters. The fourth-order valence-corrected chi connectivity index (χ4v) is 1.37. The van der Waals surface area contributed by atoms with Gasteiger partial charge in [0, 0.05) is 14.1 Å². The number of hydrogen-bond donors (Lipinski definition) is 0. The Hall–Kier alpha value is -0.730. The Labute approximate surface area is 81.8 Å². The molecule has 0 radical (unpaired) electrons. The number of alkyl halides is 3. The van der Waals surface area contributed by atoms with Gasteiger partial charge in [-0.1, -0.05) is 4.09 Å². The molecular formula is C6H8F3N3OS. The maximum atomic E-state index is 12.1. The van der Waals surface area contributed by atoms with Crippen molar-refractivity contribution in [3.05, 3.63) is 18.0 Å².